The first-order valence-electron chi connectivity index (χ1n) is 6.93. The molecule has 1 aliphatic carbocycles. The lowest BCUT2D eigenvalue weighted by Gasteiger charge is -2.26. The van der Waals surface area contributed by atoms with Gasteiger partial charge in [0.15, 0.2) is 0 Å². The Balaban J connectivity index is 2.34. The summed E-state index contributed by atoms with van der Waals surface area (Å²) in [5.74, 6) is -1.13. The summed E-state index contributed by atoms with van der Waals surface area (Å²) in [5.41, 5.74) is 1.43. The number of carboxylic acids is 1. The van der Waals surface area contributed by atoms with Gasteiger partial charge >= 0.3 is 5.97 Å². The fourth-order valence-electron chi connectivity index (χ4n) is 2.38. The Morgan fingerprint density at radius 1 is 1.25 bits per heavy atom. The summed E-state index contributed by atoms with van der Waals surface area (Å²) in [5, 5.41) is 8.99. The molecule has 4 nitrogen and oxygen atoms in total. The first-order chi connectivity index (χ1) is 9.30. The number of benzene rings is 1. The quantitative estimate of drug-likeness (QED) is 0.919. The van der Waals surface area contributed by atoms with Crippen LogP contribution in [0.3, 0.4) is 0 Å². The number of nitrogens with zero attached hydrogens (tertiary/aromatic N) is 1. The summed E-state index contributed by atoms with van der Waals surface area (Å²) in [7, 11) is 0. The molecule has 1 N–H and O–H groups in total. The van der Waals surface area contributed by atoms with E-state index in [1.165, 1.54) is 4.90 Å². The zero-order valence-corrected chi connectivity index (χ0v) is 12.2. The van der Waals surface area contributed by atoms with Gasteiger partial charge in [-0.25, -0.2) is 0 Å². The van der Waals surface area contributed by atoms with Gasteiger partial charge in [0.2, 0.25) is 0 Å². The van der Waals surface area contributed by atoms with E-state index in [2.05, 4.69) is 20.8 Å². The molecule has 4 heteroatoms. The topological polar surface area (TPSA) is 57.6 Å². The Morgan fingerprint density at radius 3 is 2.35 bits per heavy atom. The normalized spacial score (nSPS) is 14.9. The molecule has 1 aromatic rings. The van der Waals surface area contributed by atoms with Gasteiger partial charge in [0.05, 0.1) is 0 Å². The van der Waals surface area contributed by atoms with Gasteiger partial charge in [0.1, 0.15) is 6.54 Å². The van der Waals surface area contributed by atoms with E-state index in [1.54, 1.807) is 6.07 Å². The first kappa shape index (κ1) is 14.6. The maximum Gasteiger partial charge on any atom is 0.323 e. The van der Waals surface area contributed by atoms with Gasteiger partial charge in [-0.3, -0.25) is 9.59 Å². The summed E-state index contributed by atoms with van der Waals surface area (Å²) in [4.78, 5) is 25.2. The van der Waals surface area contributed by atoms with Crippen LogP contribution >= 0.6 is 0 Å². The summed E-state index contributed by atoms with van der Waals surface area (Å²) in [6, 6.07) is 7.57. The molecular weight excluding hydrogens is 254 g/mol. The fourth-order valence-corrected chi connectivity index (χ4v) is 2.38. The third kappa shape index (κ3) is 3.18. The maximum absolute atomic E-state index is 12.7. The number of rotatable bonds is 4. The van der Waals surface area contributed by atoms with Crippen molar-refractivity contribution in [2.24, 2.45) is 0 Å². The van der Waals surface area contributed by atoms with Gasteiger partial charge in [-0.2, -0.15) is 0 Å². The minimum atomic E-state index is -0.960. The highest BCUT2D eigenvalue weighted by Gasteiger charge is 2.35. The lowest BCUT2D eigenvalue weighted by Crippen LogP contribution is -2.38. The molecule has 0 saturated heterocycles. The molecule has 0 atom stereocenters. The molecule has 0 aromatic heterocycles. The highest BCUT2D eigenvalue weighted by molar-refractivity contribution is 5.97. The van der Waals surface area contributed by atoms with Crippen molar-refractivity contribution < 1.29 is 14.7 Å². The molecule has 1 fully saturated rings. The van der Waals surface area contributed by atoms with Crippen molar-refractivity contribution in [1.29, 1.82) is 0 Å². The zero-order chi connectivity index (χ0) is 14.9. The van der Waals surface area contributed by atoms with Crippen LogP contribution in [0.25, 0.3) is 0 Å². The van der Waals surface area contributed by atoms with Crippen molar-refractivity contribution in [1.82, 2.24) is 4.90 Å². The van der Waals surface area contributed by atoms with Crippen LogP contribution in [0.4, 0.5) is 0 Å². The highest BCUT2D eigenvalue weighted by atomic mass is 16.4. The molecule has 0 radical (unpaired) electrons. The molecule has 2 rings (SSSR count). The van der Waals surface area contributed by atoms with Crippen molar-refractivity contribution >= 4 is 11.9 Å². The van der Waals surface area contributed by atoms with Gasteiger partial charge in [0, 0.05) is 11.6 Å². The van der Waals surface area contributed by atoms with E-state index in [0.29, 0.717) is 5.56 Å². The Hall–Kier alpha value is -1.84. The van der Waals surface area contributed by atoms with Crippen LogP contribution in [0.5, 0.6) is 0 Å². The summed E-state index contributed by atoms with van der Waals surface area (Å²) < 4.78 is 0. The molecule has 1 aliphatic rings. The second kappa shape index (κ2) is 5.27. The van der Waals surface area contributed by atoms with E-state index in [1.807, 2.05) is 18.2 Å². The monoisotopic (exact) mass is 275 g/mol. The van der Waals surface area contributed by atoms with Crippen LogP contribution in [0, 0.1) is 0 Å². The third-order valence-electron chi connectivity index (χ3n) is 3.52. The highest BCUT2D eigenvalue weighted by Crippen LogP contribution is 2.31. The van der Waals surface area contributed by atoms with Gasteiger partial charge in [-0.15, -0.1) is 0 Å². The Labute approximate surface area is 119 Å². The summed E-state index contributed by atoms with van der Waals surface area (Å²) in [6.45, 7) is 5.94. The van der Waals surface area contributed by atoms with Crippen LogP contribution in [-0.2, 0) is 10.2 Å². The Bertz CT molecular complexity index is 527. The number of hydrogen-bond donors (Lipinski definition) is 1. The van der Waals surface area contributed by atoms with Crippen molar-refractivity contribution in [3.05, 3.63) is 35.4 Å². The molecule has 0 heterocycles. The average molecular weight is 275 g/mol. The predicted octanol–water partition coefficient (Wildman–Crippen LogP) is 2.67. The number of aliphatic carboxylic acids is 1. The molecule has 1 amide bonds. The molecule has 0 aliphatic heterocycles. The van der Waals surface area contributed by atoms with Crippen LogP contribution in [-0.4, -0.2) is 34.5 Å². The van der Waals surface area contributed by atoms with E-state index >= 15 is 0 Å². The van der Waals surface area contributed by atoms with Gasteiger partial charge in [-0.1, -0.05) is 39.0 Å². The van der Waals surface area contributed by atoms with E-state index in [0.717, 1.165) is 18.4 Å². The zero-order valence-electron chi connectivity index (χ0n) is 12.2. The fraction of sp³-hybridized carbons (Fsp3) is 0.500. The minimum absolute atomic E-state index is 0.0895. The smallest absolute Gasteiger partial charge is 0.323 e. The largest absolute Gasteiger partial charge is 0.480 e. The van der Waals surface area contributed by atoms with Crippen molar-refractivity contribution in [2.75, 3.05) is 6.54 Å². The number of carboxylic acid groups (broad SMARTS) is 1. The second-order valence-corrected chi connectivity index (χ2v) is 6.35. The summed E-state index contributed by atoms with van der Waals surface area (Å²) >= 11 is 0. The molecule has 1 saturated carbocycles. The molecule has 0 spiro atoms. The second-order valence-electron chi connectivity index (χ2n) is 6.35. The van der Waals surface area contributed by atoms with E-state index < -0.39 is 5.97 Å². The minimum Gasteiger partial charge on any atom is -0.480 e. The van der Waals surface area contributed by atoms with Crippen molar-refractivity contribution in [2.45, 2.75) is 45.1 Å². The van der Waals surface area contributed by atoms with Crippen LogP contribution in [0.2, 0.25) is 0 Å². The standard InChI is InChI=1S/C16H21NO3/c1-16(2,3)13-7-5-4-6-12(13)15(20)17(10-14(18)19)11-8-9-11/h4-7,11H,8-10H2,1-3H3,(H,18,19). The van der Waals surface area contributed by atoms with Gasteiger partial charge < -0.3 is 10.0 Å². The molecule has 1 aromatic carbocycles. The summed E-state index contributed by atoms with van der Waals surface area (Å²) in [6.07, 6.45) is 1.80. The van der Waals surface area contributed by atoms with E-state index in [-0.39, 0.29) is 23.9 Å². The SMILES string of the molecule is CC(C)(C)c1ccccc1C(=O)N(CC(=O)O)C1CC1. The van der Waals surface area contributed by atoms with Crippen molar-refractivity contribution in [3.63, 3.8) is 0 Å². The molecule has 0 unspecified atom stereocenters. The Kier molecular flexibility index (Phi) is 3.84. The van der Waals surface area contributed by atoms with E-state index in [4.69, 9.17) is 5.11 Å². The molecule has 0 bridgehead atoms. The lowest BCUT2D eigenvalue weighted by molar-refractivity contribution is -0.137. The Morgan fingerprint density at radius 2 is 1.85 bits per heavy atom. The third-order valence-corrected chi connectivity index (χ3v) is 3.52. The molecule has 108 valence electrons. The van der Waals surface area contributed by atoms with Crippen LogP contribution < -0.4 is 0 Å². The predicted molar refractivity (Wildman–Crippen MR) is 76.8 cm³/mol. The lowest BCUT2D eigenvalue weighted by atomic mass is 9.83. The molecular formula is C16H21NO3. The van der Waals surface area contributed by atoms with Gasteiger partial charge in [0.25, 0.3) is 5.91 Å². The van der Waals surface area contributed by atoms with Crippen LogP contribution in [0.15, 0.2) is 24.3 Å². The van der Waals surface area contributed by atoms with Crippen LogP contribution in [0.1, 0.15) is 49.5 Å². The molecule has 20 heavy (non-hydrogen) atoms. The number of carbonyl (C=O) groups is 2. The van der Waals surface area contributed by atoms with E-state index in [9.17, 15) is 9.59 Å². The first-order valence-corrected chi connectivity index (χ1v) is 6.93. The number of carbonyl (C=O) groups excluding carboxylic acids is 1. The maximum atomic E-state index is 12.7. The number of amides is 1. The number of hydrogen-bond acceptors (Lipinski definition) is 2. The van der Waals surface area contributed by atoms with Gasteiger partial charge in [-0.05, 0) is 29.9 Å². The van der Waals surface area contributed by atoms with Crippen molar-refractivity contribution in [3.8, 4) is 0 Å². The average Bonchev–Trinajstić information content (AvgIpc) is 3.18.